The third-order valence-electron chi connectivity index (χ3n) is 3.72. The van der Waals surface area contributed by atoms with Gasteiger partial charge in [0.2, 0.25) is 0 Å². The fourth-order valence-corrected chi connectivity index (χ4v) is 2.50. The molecule has 1 fully saturated rings. The van der Waals surface area contributed by atoms with Gasteiger partial charge in [-0.05, 0) is 23.6 Å². The Hall–Kier alpha value is -1.13. The van der Waals surface area contributed by atoms with Crippen LogP contribution in [0.25, 0.3) is 0 Å². The van der Waals surface area contributed by atoms with Gasteiger partial charge in [0.1, 0.15) is 0 Å². The van der Waals surface area contributed by atoms with Gasteiger partial charge in [0, 0.05) is 32.2 Å². The van der Waals surface area contributed by atoms with Crippen LogP contribution in [0.4, 0.5) is 4.39 Å². The van der Waals surface area contributed by atoms with Crippen molar-refractivity contribution in [3.63, 3.8) is 0 Å². The lowest BCUT2D eigenvalue weighted by molar-refractivity contribution is 0.168. The third kappa shape index (κ3) is 3.67. The van der Waals surface area contributed by atoms with E-state index in [-0.39, 0.29) is 5.82 Å². The molecule has 1 saturated heterocycles. The van der Waals surface area contributed by atoms with E-state index in [0.717, 1.165) is 31.7 Å². The van der Waals surface area contributed by atoms with Gasteiger partial charge in [0.05, 0.1) is 7.11 Å². The van der Waals surface area contributed by atoms with Gasteiger partial charge >= 0.3 is 0 Å². The molecule has 1 N–H and O–H groups in total. The van der Waals surface area contributed by atoms with Gasteiger partial charge in [0.25, 0.3) is 0 Å². The summed E-state index contributed by atoms with van der Waals surface area (Å²) in [6.07, 6.45) is 0. The largest absolute Gasteiger partial charge is 0.494 e. The van der Waals surface area contributed by atoms with Gasteiger partial charge in [-0.2, -0.15) is 0 Å². The van der Waals surface area contributed by atoms with E-state index in [2.05, 4.69) is 24.1 Å². The third-order valence-corrected chi connectivity index (χ3v) is 3.72. The first-order chi connectivity index (χ1) is 9.10. The highest BCUT2D eigenvalue weighted by molar-refractivity contribution is 5.29. The minimum atomic E-state index is -0.282. The second-order valence-electron chi connectivity index (χ2n) is 5.51. The molecular weight excluding hydrogens is 243 g/mol. The van der Waals surface area contributed by atoms with Crippen molar-refractivity contribution in [2.45, 2.75) is 26.4 Å². The smallest absolute Gasteiger partial charge is 0.165 e. The van der Waals surface area contributed by atoms with Crippen molar-refractivity contribution in [1.82, 2.24) is 10.2 Å². The zero-order valence-corrected chi connectivity index (χ0v) is 11.9. The molecule has 0 bridgehead atoms. The number of rotatable bonds is 4. The topological polar surface area (TPSA) is 24.5 Å². The lowest BCUT2D eigenvalue weighted by Crippen LogP contribution is -2.52. The summed E-state index contributed by atoms with van der Waals surface area (Å²) in [5.74, 6) is 0.648. The summed E-state index contributed by atoms with van der Waals surface area (Å²) in [5, 5.41) is 3.53. The molecule has 4 heteroatoms. The number of nitrogens with one attached hydrogen (secondary N) is 1. The first-order valence-corrected chi connectivity index (χ1v) is 6.88. The van der Waals surface area contributed by atoms with Gasteiger partial charge in [-0.1, -0.05) is 19.9 Å². The van der Waals surface area contributed by atoms with Crippen LogP contribution in [0.3, 0.4) is 0 Å². The number of methoxy groups -OCH3 is 1. The molecule has 0 amide bonds. The quantitative estimate of drug-likeness (QED) is 0.904. The minimum absolute atomic E-state index is 0.282. The Balaban J connectivity index is 1.98. The normalized spacial score (nSPS) is 20.8. The van der Waals surface area contributed by atoms with Gasteiger partial charge < -0.3 is 10.1 Å². The van der Waals surface area contributed by atoms with Crippen molar-refractivity contribution >= 4 is 0 Å². The van der Waals surface area contributed by atoms with E-state index in [0.29, 0.717) is 17.7 Å². The Bertz CT molecular complexity index is 423. The molecule has 0 radical (unpaired) electrons. The second-order valence-corrected chi connectivity index (χ2v) is 5.51. The maximum atomic E-state index is 13.7. The lowest BCUT2D eigenvalue weighted by atomic mass is 10.0. The summed E-state index contributed by atoms with van der Waals surface area (Å²) < 4.78 is 18.6. The Kier molecular flexibility index (Phi) is 4.77. The molecule has 106 valence electrons. The summed E-state index contributed by atoms with van der Waals surface area (Å²) in [4.78, 5) is 2.38. The van der Waals surface area contributed by atoms with E-state index < -0.39 is 0 Å². The molecule has 0 aromatic heterocycles. The van der Waals surface area contributed by atoms with Crippen molar-refractivity contribution < 1.29 is 9.13 Å². The highest BCUT2D eigenvalue weighted by atomic mass is 19.1. The molecule has 19 heavy (non-hydrogen) atoms. The van der Waals surface area contributed by atoms with Gasteiger partial charge in [-0.3, -0.25) is 4.90 Å². The van der Waals surface area contributed by atoms with E-state index in [1.54, 1.807) is 12.1 Å². The summed E-state index contributed by atoms with van der Waals surface area (Å²) >= 11 is 0. The number of nitrogens with zero attached hydrogens (tertiary/aromatic N) is 1. The Labute approximate surface area is 114 Å². The van der Waals surface area contributed by atoms with Crippen LogP contribution < -0.4 is 10.1 Å². The predicted molar refractivity (Wildman–Crippen MR) is 74.9 cm³/mol. The van der Waals surface area contributed by atoms with Crippen LogP contribution in [-0.2, 0) is 6.54 Å². The van der Waals surface area contributed by atoms with Crippen molar-refractivity contribution in [2.24, 2.45) is 5.92 Å². The van der Waals surface area contributed by atoms with Crippen molar-refractivity contribution in [3.05, 3.63) is 29.6 Å². The minimum Gasteiger partial charge on any atom is -0.494 e. The second kappa shape index (κ2) is 6.35. The molecule has 1 aliphatic heterocycles. The molecule has 1 atom stereocenters. The van der Waals surface area contributed by atoms with Crippen molar-refractivity contribution in [2.75, 3.05) is 26.7 Å². The van der Waals surface area contributed by atoms with Crippen LogP contribution in [0.2, 0.25) is 0 Å². The monoisotopic (exact) mass is 266 g/mol. The lowest BCUT2D eigenvalue weighted by Gasteiger charge is -2.35. The van der Waals surface area contributed by atoms with E-state index in [1.807, 2.05) is 6.07 Å². The maximum Gasteiger partial charge on any atom is 0.165 e. The van der Waals surface area contributed by atoms with Gasteiger partial charge in [-0.15, -0.1) is 0 Å². The van der Waals surface area contributed by atoms with Crippen LogP contribution in [0.5, 0.6) is 5.75 Å². The molecule has 0 spiro atoms. The summed E-state index contributed by atoms with van der Waals surface area (Å²) in [5.41, 5.74) is 1.00. The number of halogens is 1. The summed E-state index contributed by atoms with van der Waals surface area (Å²) in [7, 11) is 1.49. The summed E-state index contributed by atoms with van der Waals surface area (Å²) in [6, 6.07) is 5.74. The Morgan fingerprint density at radius 2 is 2.26 bits per heavy atom. The first kappa shape index (κ1) is 14.3. The number of hydrogen-bond donors (Lipinski definition) is 1. The molecule has 3 nitrogen and oxygen atoms in total. The molecule has 1 aliphatic rings. The molecule has 0 aliphatic carbocycles. The van der Waals surface area contributed by atoms with E-state index in [1.165, 1.54) is 7.11 Å². The summed E-state index contributed by atoms with van der Waals surface area (Å²) in [6.45, 7) is 8.29. The van der Waals surface area contributed by atoms with Gasteiger partial charge in [-0.25, -0.2) is 4.39 Å². The molecule has 2 rings (SSSR count). The Morgan fingerprint density at radius 1 is 1.47 bits per heavy atom. The zero-order valence-electron chi connectivity index (χ0n) is 11.9. The molecule has 1 heterocycles. The Morgan fingerprint density at radius 3 is 2.89 bits per heavy atom. The average molecular weight is 266 g/mol. The fourth-order valence-electron chi connectivity index (χ4n) is 2.50. The molecule has 0 saturated carbocycles. The van der Waals surface area contributed by atoms with Crippen LogP contribution >= 0.6 is 0 Å². The maximum absolute atomic E-state index is 13.7. The zero-order chi connectivity index (χ0) is 13.8. The first-order valence-electron chi connectivity index (χ1n) is 6.88. The van der Waals surface area contributed by atoms with Crippen molar-refractivity contribution in [1.29, 1.82) is 0 Å². The number of piperazine rings is 1. The number of benzene rings is 1. The van der Waals surface area contributed by atoms with Crippen LogP contribution in [0.15, 0.2) is 18.2 Å². The van der Waals surface area contributed by atoms with Gasteiger partial charge in [0.15, 0.2) is 11.6 Å². The fraction of sp³-hybridized carbons (Fsp3) is 0.600. The molecule has 1 aromatic rings. The van der Waals surface area contributed by atoms with E-state index in [4.69, 9.17) is 4.74 Å². The number of ether oxygens (including phenoxy) is 1. The molecule has 1 unspecified atom stereocenters. The molecule has 1 aromatic carbocycles. The average Bonchev–Trinajstić information content (AvgIpc) is 2.39. The van der Waals surface area contributed by atoms with E-state index >= 15 is 0 Å². The van der Waals surface area contributed by atoms with Crippen LogP contribution in [-0.4, -0.2) is 37.7 Å². The highest BCUT2D eigenvalue weighted by Crippen LogP contribution is 2.19. The van der Waals surface area contributed by atoms with E-state index in [9.17, 15) is 4.39 Å². The molecular formula is C15H23FN2O. The predicted octanol–water partition coefficient (Wildman–Crippen LogP) is 2.26. The highest BCUT2D eigenvalue weighted by Gasteiger charge is 2.21. The SMILES string of the molecule is COc1ccc(CN2CCNC(C(C)C)C2)cc1F. The van der Waals surface area contributed by atoms with Crippen LogP contribution in [0.1, 0.15) is 19.4 Å². The van der Waals surface area contributed by atoms with Crippen LogP contribution in [0, 0.1) is 11.7 Å². The number of hydrogen-bond acceptors (Lipinski definition) is 3. The standard InChI is InChI=1S/C15H23FN2O/c1-11(2)14-10-18(7-6-17-14)9-12-4-5-15(19-3)13(16)8-12/h4-5,8,11,14,17H,6-7,9-10H2,1-3H3. The van der Waals surface area contributed by atoms with Crippen molar-refractivity contribution in [3.8, 4) is 5.75 Å².